The SMILES string of the molecule is CCOC(=O)[C@@H]1CCCN(C(=O)c2nn(-c3ccc(C)c(Cl)c3)c(=O)n(Cc3ccccc3)c2=O)C1. The van der Waals surface area contributed by atoms with E-state index in [2.05, 4.69) is 5.10 Å². The fraction of sp³-hybridized carbons (Fsp3) is 0.346. The van der Waals surface area contributed by atoms with Crippen molar-refractivity contribution in [3.63, 3.8) is 0 Å². The zero-order valence-electron chi connectivity index (χ0n) is 20.1. The molecular formula is C26H27ClN4O5. The summed E-state index contributed by atoms with van der Waals surface area (Å²) in [6.07, 6.45) is 1.18. The lowest BCUT2D eigenvalue weighted by molar-refractivity contribution is -0.149. The molecule has 10 heteroatoms. The topological polar surface area (TPSA) is 104 Å². The molecule has 0 N–H and O–H groups in total. The molecule has 0 radical (unpaired) electrons. The highest BCUT2D eigenvalue weighted by Gasteiger charge is 2.32. The second kappa shape index (κ2) is 10.9. The number of aryl methyl sites for hydroxylation is 1. The molecule has 188 valence electrons. The summed E-state index contributed by atoms with van der Waals surface area (Å²) in [6, 6.07) is 14.0. The van der Waals surface area contributed by atoms with E-state index in [0.29, 0.717) is 30.1 Å². The van der Waals surface area contributed by atoms with Gasteiger partial charge in [0.05, 0.1) is 24.8 Å². The number of amides is 1. The molecule has 1 saturated heterocycles. The smallest absolute Gasteiger partial charge is 0.352 e. The molecular weight excluding hydrogens is 484 g/mol. The van der Waals surface area contributed by atoms with Crippen LogP contribution in [0.4, 0.5) is 0 Å². The molecule has 9 nitrogen and oxygen atoms in total. The minimum Gasteiger partial charge on any atom is -0.466 e. The Labute approximate surface area is 212 Å². The molecule has 4 rings (SSSR count). The van der Waals surface area contributed by atoms with Gasteiger partial charge in [0.15, 0.2) is 0 Å². The fourth-order valence-electron chi connectivity index (χ4n) is 4.20. The van der Waals surface area contributed by atoms with Crippen LogP contribution in [0.3, 0.4) is 0 Å². The third kappa shape index (κ3) is 5.26. The number of carbonyl (C=O) groups excluding carboxylic acids is 2. The van der Waals surface area contributed by atoms with Crippen LogP contribution in [0.25, 0.3) is 5.69 Å². The van der Waals surface area contributed by atoms with Gasteiger partial charge < -0.3 is 9.64 Å². The third-order valence-electron chi connectivity index (χ3n) is 6.17. The highest BCUT2D eigenvalue weighted by atomic mass is 35.5. The van der Waals surface area contributed by atoms with Crippen molar-refractivity contribution in [1.29, 1.82) is 0 Å². The first-order chi connectivity index (χ1) is 17.3. The van der Waals surface area contributed by atoms with E-state index in [0.717, 1.165) is 20.4 Å². The maximum absolute atomic E-state index is 13.5. The summed E-state index contributed by atoms with van der Waals surface area (Å²) < 4.78 is 7.14. The standard InChI is InChI=1S/C26H27ClN4O5/c1-3-36-25(34)19-10-7-13-29(16-19)23(32)22-24(33)30(15-18-8-5-4-6-9-18)26(35)31(28-22)20-12-11-17(2)21(27)14-20/h4-6,8-9,11-12,14,19H,3,7,10,13,15-16H2,1-2H3/t19-/m1/s1. The van der Waals surface area contributed by atoms with Gasteiger partial charge in [-0.3, -0.25) is 19.0 Å². The Morgan fingerprint density at radius 1 is 1.14 bits per heavy atom. The minimum absolute atomic E-state index is 0.0354. The van der Waals surface area contributed by atoms with Crippen LogP contribution in [0.1, 0.15) is 41.4 Å². The Hall–Kier alpha value is -3.72. The normalized spacial score (nSPS) is 15.5. The molecule has 0 bridgehead atoms. The number of ether oxygens (including phenoxy) is 1. The van der Waals surface area contributed by atoms with E-state index in [9.17, 15) is 19.2 Å². The lowest BCUT2D eigenvalue weighted by Gasteiger charge is -2.31. The number of piperidine rings is 1. The summed E-state index contributed by atoms with van der Waals surface area (Å²) in [7, 11) is 0. The van der Waals surface area contributed by atoms with Crippen LogP contribution in [-0.2, 0) is 16.1 Å². The second-order valence-electron chi connectivity index (χ2n) is 8.70. The lowest BCUT2D eigenvalue weighted by Crippen LogP contribution is -2.49. The summed E-state index contributed by atoms with van der Waals surface area (Å²) in [4.78, 5) is 54.0. The number of carbonyl (C=O) groups is 2. The van der Waals surface area contributed by atoms with Gasteiger partial charge in [0.2, 0.25) is 5.69 Å². The van der Waals surface area contributed by atoms with Gasteiger partial charge in [0.1, 0.15) is 0 Å². The van der Waals surface area contributed by atoms with Crippen LogP contribution in [0, 0.1) is 12.8 Å². The Morgan fingerprint density at radius 2 is 1.89 bits per heavy atom. The first-order valence-electron chi connectivity index (χ1n) is 11.8. The van der Waals surface area contributed by atoms with Gasteiger partial charge in [-0.05, 0) is 49.9 Å². The average molecular weight is 511 g/mol. The molecule has 3 aromatic rings. The molecule has 1 aromatic heterocycles. The summed E-state index contributed by atoms with van der Waals surface area (Å²) in [5.74, 6) is -1.48. The van der Waals surface area contributed by atoms with Crippen molar-refractivity contribution in [3.05, 3.63) is 91.2 Å². The van der Waals surface area contributed by atoms with E-state index in [-0.39, 0.29) is 25.7 Å². The van der Waals surface area contributed by atoms with E-state index in [4.69, 9.17) is 16.3 Å². The van der Waals surface area contributed by atoms with Crippen LogP contribution < -0.4 is 11.2 Å². The average Bonchev–Trinajstić information content (AvgIpc) is 2.89. The van der Waals surface area contributed by atoms with Crippen molar-refractivity contribution in [2.75, 3.05) is 19.7 Å². The monoisotopic (exact) mass is 510 g/mol. The molecule has 2 heterocycles. The number of esters is 1. The molecule has 1 aliphatic heterocycles. The summed E-state index contributed by atoms with van der Waals surface area (Å²) in [5.41, 5.74) is -0.0259. The Bertz CT molecular complexity index is 1400. The molecule has 0 spiro atoms. The van der Waals surface area contributed by atoms with Crippen LogP contribution in [0.15, 0.2) is 58.1 Å². The van der Waals surface area contributed by atoms with E-state index in [1.807, 2.05) is 13.0 Å². The van der Waals surface area contributed by atoms with Crippen molar-refractivity contribution in [1.82, 2.24) is 19.2 Å². The van der Waals surface area contributed by atoms with Crippen molar-refractivity contribution in [2.45, 2.75) is 33.2 Å². The molecule has 0 unspecified atom stereocenters. The fourth-order valence-corrected chi connectivity index (χ4v) is 4.37. The van der Waals surface area contributed by atoms with Gasteiger partial charge in [-0.2, -0.15) is 9.78 Å². The van der Waals surface area contributed by atoms with Gasteiger partial charge in [0.25, 0.3) is 11.5 Å². The number of halogens is 1. The number of hydrogen-bond donors (Lipinski definition) is 0. The van der Waals surface area contributed by atoms with Gasteiger partial charge >= 0.3 is 11.7 Å². The second-order valence-corrected chi connectivity index (χ2v) is 9.10. The predicted molar refractivity (Wildman–Crippen MR) is 135 cm³/mol. The zero-order chi connectivity index (χ0) is 25.8. The van der Waals surface area contributed by atoms with Gasteiger partial charge in [-0.15, -0.1) is 0 Å². The molecule has 1 atom stereocenters. The van der Waals surface area contributed by atoms with Crippen LogP contribution in [0.5, 0.6) is 0 Å². The van der Waals surface area contributed by atoms with Crippen molar-refractivity contribution < 1.29 is 14.3 Å². The van der Waals surface area contributed by atoms with E-state index in [1.54, 1.807) is 49.4 Å². The number of benzene rings is 2. The number of hydrogen-bond acceptors (Lipinski definition) is 6. The van der Waals surface area contributed by atoms with Gasteiger partial charge in [-0.1, -0.05) is 48.0 Å². The maximum atomic E-state index is 13.5. The lowest BCUT2D eigenvalue weighted by atomic mass is 9.98. The third-order valence-corrected chi connectivity index (χ3v) is 6.58. The van der Waals surface area contributed by atoms with Crippen LogP contribution in [0.2, 0.25) is 5.02 Å². The first kappa shape index (κ1) is 25.4. The number of likely N-dealkylation sites (tertiary alicyclic amines) is 1. The molecule has 1 amide bonds. The van der Waals surface area contributed by atoms with Gasteiger partial charge in [0, 0.05) is 18.1 Å². The van der Waals surface area contributed by atoms with Crippen LogP contribution in [-0.4, -0.2) is 50.8 Å². The molecule has 0 aliphatic carbocycles. The predicted octanol–water partition coefficient (Wildman–Crippen LogP) is 2.82. The Kier molecular flexibility index (Phi) is 7.69. The van der Waals surface area contributed by atoms with Crippen molar-refractivity contribution >= 4 is 23.5 Å². The minimum atomic E-state index is -0.790. The molecule has 2 aromatic carbocycles. The molecule has 0 saturated carbocycles. The summed E-state index contributed by atoms with van der Waals surface area (Å²) >= 11 is 6.28. The quantitative estimate of drug-likeness (QED) is 0.472. The molecule has 1 aliphatic rings. The Balaban J connectivity index is 1.80. The maximum Gasteiger partial charge on any atom is 0.352 e. The molecule has 1 fully saturated rings. The number of rotatable bonds is 6. The number of aromatic nitrogens is 3. The highest BCUT2D eigenvalue weighted by Crippen LogP contribution is 2.20. The zero-order valence-corrected chi connectivity index (χ0v) is 20.9. The largest absolute Gasteiger partial charge is 0.466 e. The van der Waals surface area contributed by atoms with Crippen molar-refractivity contribution in [3.8, 4) is 5.69 Å². The summed E-state index contributed by atoms with van der Waals surface area (Å²) in [5, 5.41) is 4.62. The van der Waals surface area contributed by atoms with E-state index < -0.39 is 28.8 Å². The van der Waals surface area contributed by atoms with E-state index >= 15 is 0 Å². The summed E-state index contributed by atoms with van der Waals surface area (Å²) in [6.45, 7) is 4.25. The van der Waals surface area contributed by atoms with Crippen molar-refractivity contribution in [2.24, 2.45) is 5.92 Å². The van der Waals surface area contributed by atoms with Crippen LogP contribution >= 0.6 is 11.6 Å². The highest BCUT2D eigenvalue weighted by molar-refractivity contribution is 6.31. The number of nitrogens with zero attached hydrogens (tertiary/aromatic N) is 4. The first-order valence-corrected chi connectivity index (χ1v) is 12.2. The van der Waals surface area contributed by atoms with E-state index in [1.165, 1.54) is 4.90 Å². The Morgan fingerprint density at radius 3 is 2.58 bits per heavy atom. The molecule has 36 heavy (non-hydrogen) atoms. The van der Waals surface area contributed by atoms with Gasteiger partial charge in [-0.25, -0.2) is 4.79 Å².